The molecular formula is C8H12FNS. The molecule has 11 heavy (non-hydrogen) atoms. The maximum Gasteiger partial charge on any atom is 0.223 e. The van der Waals surface area contributed by atoms with Gasteiger partial charge in [0.05, 0.1) is 5.01 Å². The van der Waals surface area contributed by atoms with Gasteiger partial charge in [-0.1, -0.05) is 19.8 Å². The molecule has 0 aliphatic rings. The zero-order chi connectivity index (χ0) is 8.10. The highest BCUT2D eigenvalue weighted by Crippen LogP contribution is 2.11. The van der Waals surface area contributed by atoms with Crippen LogP contribution in [-0.2, 0) is 6.42 Å². The number of thiazole rings is 1. The molecule has 0 saturated heterocycles. The number of aryl methyl sites for hydroxylation is 1. The van der Waals surface area contributed by atoms with Crippen LogP contribution in [0.2, 0.25) is 0 Å². The van der Waals surface area contributed by atoms with Gasteiger partial charge in [0.15, 0.2) is 0 Å². The standard InChI is InChI=1S/C8H12FNS/c1-2-3-4-5-8-10-7(9)6-11-8/h6H,2-5H2,1H3. The molecule has 0 aromatic carbocycles. The Hall–Kier alpha value is -0.440. The maximum atomic E-state index is 12.3. The van der Waals surface area contributed by atoms with Crippen molar-refractivity contribution in [2.24, 2.45) is 0 Å². The SMILES string of the molecule is CCCCCc1nc(F)cs1. The summed E-state index contributed by atoms with van der Waals surface area (Å²) in [5.74, 6) is -0.332. The van der Waals surface area contributed by atoms with E-state index in [4.69, 9.17) is 0 Å². The van der Waals surface area contributed by atoms with E-state index < -0.39 is 0 Å². The second kappa shape index (κ2) is 4.44. The number of nitrogens with zero attached hydrogens (tertiary/aromatic N) is 1. The summed E-state index contributed by atoms with van der Waals surface area (Å²) in [5.41, 5.74) is 0. The fraction of sp³-hybridized carbons (Fsp3) is 0.625. The van der Waals surface area contributed by atoms with Crippen LogP contribution in [0.25, 0.3) is 0 Å². The number of rotatable bonds is 4. The topological polar surface area (TPSA) is 12.9 Å². The summed E-state index contributed by atoms with van der Waals surface area (Å²) >= 11 is 1.41. The van der Waals surface area contributed by atoms with Crippen LogP contribution in [0, 0.1) is 5.95 Å². The van der Waals surface area contributed by atoms with Crippen LogP contribution in [0.5, 0.6) is 0 Å². The normalized spacial score (nSPS) is 10.4. The minimum atomic E-state index is -0.332. The Morgan fingerprint density at radius 3 is 2.91 bits per heavy atom. The van der Waals surface area contributed by atoms with Gasteiger partial charge < -0.3 is 0 Å². The van der Waals surface area contributed by atoms with Crippen molar-refractivity contribution in [1.29, 1.82) is 0 Å². The molecule has 0 aliphatic heterocycles. The van der Waals surface area contributed by atoms with Gasteiger partial charge in [0.25, 0.3) is 0 Å². The lowest BCUT2D eigenvalue weighted by Gasteiger charge is -1.92. The first-order valence-corrected chi connectivity index (χ1v) is 4.81. The molecule has 62 valence electrons. The third-order valence-corrected chi connectivity index (χ3v) is 2.40. The predicted octanol–water partition coefficient (Wildman–Crippen LogP) is 3.01. The third kappa shape index (κ3) is 2.97. The van der Waals surface area contributed by atoms with Crippen LogP contribution in [-0.4, -0.2) is 4.98 Å². The van der Waals surface area contributed by atoms with E-state index in [2.05, 4.69) is 11.9 Å². The van der Waals surface area contributed by atoms with Gasteiger partial charge in [-0.15, -0.1) is 11.3 Å². The van der Waals surface area contributed by atoms with Gasteiger partial charge in [-0.05, 0) is 12.8 Å². The van der Waals surface area contributed by atoms with E-state index in [-0.39, 0.29) is 5.95 Å². The van der Waals surface area contributed by atoms with Crippen molar-refractivity contribution in [1.82, 2.24) is 4.98 Å². The van der Waals surface area contributed by atoms with Gasteiger partial charge >= 0.3 is 0 Å². The van der Waals surface area contributed by atoms with Crippen LogP contribution in [0.1, 0.15) is 31.2 Å². The summed E-state index contributed by atoms with van der Waals surface area (Å²) in [6.07, 6.45) is 4.47. The quantitative estimate of drug-likeness (QED) is 0.638. The molecule has 1 aromatic heterocycles. The van der Waals surface area contributed by atoms with E-state index in [9.17, 15) is 4.39 Å². The molecule has 1 rings (SSSR count). The maximum absolute atomic E-state index is 12.3. The first-order chi connectivity index (χ1) is 5.33. The van der Waals surface area contributed by atoms with Crippen LogP contribution in [0.4, 0.5) is 4.39 Å². The number of unbranched alkanes of at least 4 members (excludes halogenated alkanes) is 2. The van der Waals surface area contributed by atoms with Crippen molar-refractivity contribution in [3.05, 3.63) is 16.3 Å². The Bertz CT molecular complexity index is 210. The lowest BCUT2D eigenvalue weighted by molar-refractivity contribution is 0.584. The van der Waals surface area contributed by atoms with Crippen LogP contribution >= 0.6 is 11.3 Å². The second-order valence-electron chi connectivity index (χ2n) is 2.52. The van der Waals surface area contributed by atoms with Gasteiger partial charge in [-0.2, -0.15) is 4.39 Å². The molecule has 3 heteroatoms. The summed E-state index contributed by atoms with van der Waals surface area (Å²) in [7, 11) is 0. The molecule has 0 radical (unpaired) electrons. The summed E-state index contributed by atoms with van der Waals surface area (Å²) in [4.78, 5) is 3.73. The zero-order valence-corrected chi connectivity index (χ0v) is 7.46. The van der Waals surface area contributed by atoms with E-state index in [1.54, 1.807) is 0 Å². The predicted molar refractivity (Wildman–Crippen MR) is 45.3 cm³/mol. The highest BCUT2D eigenvalue weighted by Gasteiger charge is 1.99. The van der Waals surface area contributed by atoms with Crippen molar-refractivity contribution in [2.75, 3.05) is 0 Å². The highest BCUT2D eigenvalue weighted by atomic mass is 32.1. The first-order valence-electron chi connectivity index (χ1n) is 3.93. The smallest absolute Gasteiger partial charge is 0.213 e. The summed E-state index contributed by atoms with van der Waals surface area (Å²) in [6, 6.07) is 0. The fourth-order valence-electron chi connectivity index (χ4n) is 0.930. The molecule has 0 aliphatic carbocycles. The number of halogens is 1. The Kier molecular flexibility index (Phi) is 3.49. The Balaban J connectivity index is 2.27. The minimum Gasteiger partial charge on any atom is -0.213 e. The zero-order valence-electron chi connectivity index (χ0n) is 6.64. The molecule has 0 bridgehead atoms. The minimum absolute atomic E-state index is 0.332. The molecule has 0 unspecified atom stereocenters. The first kappa shape index (κ1) is 8.65. The molecule has 0 atom stereocenters. The van der Waals surface area contributed by atoms with Gasteiger partial charge in [0, 0.05) is 5.38 Å². The second-order valence-corrected chi connectivity index (χ2v) is 3.46. The molecule has 1 nitrogen and oxygen atoms in total. The molecule has 0 saturated carbocycles. The summed E-state index contributed by atoms with van der Waals surface area (Å²) < 4.78 is 12.3. The molecule has 0 fully saturated rings. The Morgan fingerprint density at radius 2 is 2.36 bits per heavy atom. The van der Waals surface area contributed by atoms with Crippen molar-refractivity contribution in [3.8, 4) is 0 Å². The third-order valence-electron chi connectivity index (χ3n) is 1.52. The molecule has 1 heterocycles. The molecular weight excluding hydrogens is 161 g/mol. The molecule has 0 N–H and O–H groups in total. The summed E-state index contributed by atoms with van der Waals surface area (Å²) in [5, 5.41) is 2.39. The number of hydrogen-bond donors (Lipinski definition) is 0. The van der Waals surface area contributed by atoms with Crippen LogP contribution in [0.3, 0.4) is 0 Å². The average molecular weight is 173 g/mol. The van der Waals surface area contributed by atoms with Crippen molar-refractivity contribution < 1.29 is 4.39 Å². The van der Waals surface area contributed by atoms with Crippen LogP contribution < -0.4 is 0 Å². The average Bonchev–Trinajstić information content (AvgIpc) is 2.37. The lowest BCUT2D eigenvalue weighted by Crippen LogP contribution is -1.83. The monoisotopic (exact) mass is 173 g/mol. The molecule has 0 amide bonds. The van der Waals surface area contributed by atoms with E-state index in [0.717, 1.165) is 17.8 Å². The van der Waals surface area contributed by atoms with Crippen molar-refractivity contribution in [2.45, 2.75) is 32.6 Å². The van der Waals surface area contributed by atoms with Gasteiger partial charge in [0.2, 0.25) is 5.95 Å². The van der Waals surface area contributed by atoms with E-state index in [1.165, 1.54) is 29.6 Å². The molecule has 1 aromatic rings. The molecule has 0 spiro atoms. The van der Waals surface area contributed by atoms with Gasteiger partial charge in [-0.25, -0.2) is 4.98 Å². The van der Waals surface area contributed by atoms with E-state index >= 15 is 0 Å². The Morgan fingerprint density at radius 1 is 1.55 bits per heavy atom. The van der Waals surface area contributed by atoms with Crippen molar-refractivity contribution >= 4 is 11.3 Å². The number of hydrogen-bond acceptors (Lipinski definition) is 2. The number of aromatic nitrogens is 1. The van der Waals surface area contributed by atoms with Crippen molar-refractivity contribution in [3.63, 3.8) is 0 Å². The Labute approximate surface area is 70.3 Å². The van der Waals surface area contributed by atoms with Crippen LogP contribution in [0.15, 0.2) is 5.38 Å². The van der Waals surface area contributed by atoms with E-state index in [0.29, 0.717) is 0 Å². The van der Waals surface area contributed by atoms with E-state index in [1.807, 2.05) is 0 Å². The fourth-order valence-corrected chi connectivity index (χ4v) is 1.62. The van der Waals surface area contributed by atoms with Gasteiger partial charge in [0.1, 0.15) is 0 Å². The lowest BCUT2D eigenvalue weighted by atomic mass is 10.2. The summed E-state index contributed by atoms with van der Waals surface area (Å²) in [6.45, 7) is 2.16. The van der Waals surface area contributed by atoms with Gasteiger partial charge in [-0.3, -0.25) is 0 Å². The largest absolute Gasteiger partial charge is 0.223 e. The highest BCUT2D eigenvalue weighted by molar-refractivity contribution is 7.09.